The largest absolute Gasteiger partial charge is 0.497 e. The number of methoxy groups -OCH3 is 1. The van der Waals surface area contributed by atoms with Gasteiger partial charge in [0.2, 0.25) is 0 Å². The first-order valence-electron chi connectivity index (χ1n) is 5.82. The summed E-state index contributed by atoms with van der Waals surface area (Å²) < 4.78 is 11.0. The number of hydrogen-bond acceptors (Lipinski definition) is 3. The highest BCUT2D eigenvalue weighted by atomic mass is 16.5. The maximum absolute atomic E-state index is 5.75. The lowest BCUT2D eigenvalue weighted by molar-refractivity contribution is 0.320. The van der Waals surface area contributed by atoms with Gasteiger partial charge in [0.25, 0.3) is 0 Å². The molecule has 0 atom stereocenters. The van der Waals surface area contributed by atoms with E-state index in [1.165, 1.54) is 0 Å². The van der Waals surface area contributed by atoms with Gasteiger partial charge in [-0.15, -0.1) is 0 Å². The lowest BCUT2D eigenvalue weighted by atomic mass is 10.1. The summed E-state index contributed by atoms with van der Waals surface area (Å²) in [6, 6.07) is 7.81. The Morgan fingerprint density at radius 2 is 2.06 bits per heavy atom. The second-order valence-corrected chi connectivity index (χ2v) is 3.99. The van der Waals surface area contributed by atoms with Gasteiger partial charge in [0, 0.05) is 17.1 Å². The smallest absolute Gasteiger partial charge is 0.130 e. The summed E-state index contributed by atoms with van der Waals surface area (Å²) >= 11 is 0. The van der Waals surface area contributed by atoms with Gasteiger partial charge in [0.1, 0.15) is 11.5 Å². The first-order valence-corrected chi connectivity index (χ1v) is 5.82. The normalized spacial score (nSPS) is 10.5. The van der Waals surface area contributed by atoms with Gasteiger partial charge in [-0.25, -0.2) is 0 Å². The first kappa shape index (κ1) is 11.7. The molecular weight excluding hydrogens is 214 g/mol. The zero-order valence-corrected chi connectivity index (χ0v) is 10.5. The minimum absolute atomic E-state index is 0.718. The molecule has 2 rings (SSSR count). The molecule has 0 N–H and O–H groups in total. The van der Waals surface area contributed by atoms with E-state index in [0.717, 1.165) is 41.1 Å². The number of aryl methyl sites for hydroxylation is 1. The summed E-state index contributed by atoms with van der Waals surface area (Å²) in [5.74, 6) is 1.71. The molecule has 0 unspecified atom stereocenters. The Morgan fingerprint density at radius 3 is 2.76 bits per heavy atom. The third-order valence-corrected chi connectivity index (χ3v) is 2.57. The molecule has 3 heteroatoms. The van der Waals surface area contributed by atoms with E-state index in [1.807, 2.05) is 31.2 Å². The van der Waals surface area contributed by atoms with Crippen molar-refractivity contribution < 1.29 is 9.47 Å². The quantitative estimate of drug-likeness (QED) is 0.808. The van der Waals surface area contributed by atoms with Crippen molar-refractivity contribution in [1.82, 2.24) is 4.98 Å². The van der Waals surface area contributed by atoms with Crippen LogP contribution in [0.2, 0.25) is 0 Å². The zero-order chi connectivity index (χ0) is 12.3. The fourth-order valence-electron chi connectivity index (χ4n) is 1.76. The van der Waals surface area contributed by atoms with Crippen molar-refractivity contribution in [2.75, 3.05) is 13.7 Å². The van der Waals surface area contributed by atoms with E-state index in [1.54, 1.807) is 7.11 Å². The molecule has 0 spiro atoms. The van der Waals surface area contributed by atoms with Crippen LogP contribution in [0.4, 0.5) is 0 Å². The summed E-state index contributed by atoms with van der Waals surface area (Å²) in [6.07, 6.45) is 0.993. The highest BCUT2D eigenvalue weighted by Gasteiger charge is 2.06. The molecule has 90 valence electrons. The van der Waals surface area contributed by atoms with Crippen molar-refractivity contribution in [2.24, 2.45) is 0 Å². The molecule has 2 aromatic rings. The second kappa shape index (κ2) is 5.04. The van der Waals surface area contributed by atoms with Gasteiger partial charge in [-0.1, -0.05) is 6.92 Å². The Hall–Kier alpha value is -1.77. The van der Waals surface area contributed by atoms with Crippen molar-refractivity contribution >= 4 is 10.9 Å². The van der Waals surface area contributed by atoms with E-state index >= 15 is 0 Å². The Kier molecular flexibility index (Phi) is 3.47. The fraction of sp³-hybridized carbons (Fsp3) is 0.357. The Morgan fingerprint density at radius 1 is 1.24 bits per heavy atom. The van der Waals surface area contributed by atoms with E-state index in [2.05, 4.69) is 11.9 Å². The van der Waals surface area contributed by atoms with Crippen LogP contribution in [0.5, 0.6) is 11.5 Å². The Balaban J connectivity index is 2.53. The predicted octanol–water partition coefficient (Wildman–Crippen LogP) is 3.34. The Labute approximate surface area is 101 Å². The van der Waals surface area contributed by atoms with Crippen molar-refractivity contribution in [3.05, 3.63) is 30.0 Å². The number of rotatable bonds is 4. The van der Waals surface area contributed by atoms with Crippen LogP contribution in [0.15, 0.2) is 24.3 Å². The van der Waals surface area contributed by atoms with Crippen LogP contribution in [-0.4, -0.2) is 18.7 Å². The molecule has 1 aromatic carbocycles. The van der Waals surface area contributed by atoms with Crippen LogP contribution in [-0.2, 0) is 0 Å². The molecule has 17 heavy (non-hydrogen) atoms. The summed E-state index contributed by atoms with van der Waals surface area (Å²) in [6.45, 7) is 4.79. The maximum atomic E-state index is 5.75. The zero-order valence-electron chi connectivity index (χ0n) is 10.5. The van der Waals surface area contributed by atoms with Gasteiger partial charge >= 0.3 is 0 Å². The highest BCUT2D eigenvalue weighted by molar-refractivity contribution is 5.86. The van der Waals surface area contributed by atoms with Crippen LogP contribution in [0, 0.1) is 6.92 Å². The van der Waals surface area contributed by atoms with Crippen LogP contribution in [0.25, 0.3) is 10.9 Å². The molecule has 0 aliphatic rings. The van der Waals surface area contributed by atoms with Gasteiger partial charge in [-0.3, -0.25) is 4.98 Å². The van der Waals surface area contributed by atoms with E-state index in [4.69, 9.17) is 9.47 Å². The van der Waals surface area contributed by atoms with Crippen LogP contribution >= 0.6 is 0 Å². The average molecular weight is 231 g/mol. The van der Waals surface area contributed by atoms with Crippen LogP contribution in [0.1, 0.15) is 19.0 Å². The summed E-state index contributed by atoms with van der Waals surface area (Å²) in [7, 11) is 1.66. The monoisotopic (exact) mass is 231 g/mol. The number of aromatic nitrogens is 1. The SMILES string of the molecule is CCCOc1cc(C)nc2ccc(OC)cc12. The van der Waals surface area contributed by atoms with Gasteiger partial charge < -0.3 is 9.47 Å². The molecular formula is C14H17NO2. The number of fused-ring (bicyclic) bond motifs is 1. The molecule has 0 radical (unpaired) electrons. The number of pyridine rings is 1. The standard InChI is InChI=1S/C14H17NO2/c1-4-7-17-14-8-10(2)15-13-6-5-11(16-3)9-12(13)14/h5-6,8-9H,4,7H2,1-3H3. The molecule has 0 aliphatic heterocycles. The van der Waals surface area contributed by atoms with Gasteiger partial charge in [0.15, 0.2) is 0 Å². The maximum Gasteiger partial charge on any atom is 0.130 e. The molecule has 0 saturated carbocycles. The number of benzene rings is 1. The highest BCUT2D eigenvalue weighted by Crippen LogP contribution is 2.28. The number of nitrogens with zero attached hydrogens (tertiary/aromatic N) is 1. The molecule has 3 nitrogen and oxygen atoms in total. The average Bonchev–Trinajstić information content (AvgIpc) is 2.35. The molecule has 0 fully saturated rings. The molecule has 1 heterocycles. The first-order chi connectivity index (χ1) is 8.24. The fourth-order valence-corrected chi connectivity index (χ4v) is 1.76. The van der Waals surface area contributed by atoms with Crippen molar-refractivity contribution in [1.29, 1.82) is 0 Å². The summed E-state index contributed by atoms with van der Waals surface area (Å²) in [4.78, 5) is 4.48. The summed E-state index contributed by atoms with van der Waals surface area (Å²) in [5, 5.41) is 1.00. The van der Waals surface area contributed by atoms with E-state index in [0.29, 0.717) is 0 Å². The van der Waals surface area contributed by atoms with Crippen LogP contribution < -0.4 is 9.47 Å². The number of ether oxygens (including phenoxy) is 2. The van der Waals surface area contributed by atoms with Gasteiger partial charge in [-0.05, 0) is 31.5 Å². The molecule has 0 bridgehead atoms. The van der Waals surface area contributed by atoms with Crippen molar-refractivity contribution in [2.45, 2.75) is 20.3 Å². The van der Waals surface area contributed by atoms with E-state index < -0.39 is 0 Å². The van der Waals surface area contributed by atoms with Gasteiger partial charge in [-0.2, -0.15) is 0 Å². The van der Waals surface area contributed by atoms with Crippen molar-refractivity contribution in [3.8, 4) is 11.5 Å². The van der Waals surface area contributed by atoms with E-state index in [9.17, 15) is 0 Å². The third kappa shape index (κ3) is 2.49. The molecule has 0 saturated heterocycles. The lowest BCUT2D eigenvalue weighted by Gasteiger charge is -2.10. The van der Waals surface area contributed by atoms with Gasteiger partial charge in [0.05, 0.1) is 19.2 Å². The lowest BCUT2D eigenvalue weighted by Crippen LogP contribution is -1.97. The minimum atomic E-state index is 0.718. The molecule has 0 aliphatic carbocycles. The summed E-state index contributed by atoms with van der Waals surface area (Å²) in [5.41, 5.74) is 1.91. The topological polar surface area (TPSA) is 31.4 Å². The molecule has 0 amide bonds. The predicted molar refractivity (Wildman–Crippen MR) is 68.8 cm³/mol. The van der Waals surface area contributed by atoms with Crippen LogP contribution in [0.3, 0.4) is 0 Å². The minimum Gasteiger partial charge on any atom is -0.497 e. The van der Waals surface area contributed by atoms with E-state index in [-0.39, 0.29) is 0 Å². The Bertz CT molecular complexity index is 523. The number of hydrogen-bond donors (Lipinski definition) is 0. The van der Waals surface area contributed by atoms with Crippen molar-refractivity contribution in [3.63, 3.8) is 0 Å². The molecule has 1 aromatic heterocycles. The third-order valence-electron chi connectivity index (χ3n) is 2.57. The second-order valence-electron chi connectivity index (χ2n) is 3.99.